The molecule has 0 radical (unpaired) electrons. The Morgan fingerprint density at radius 2 is 1.26 bits per heavy atom. The highest BCUT2D eigenvalue weighted by atomic mass is 32.2. The van der Waals surface area contributed by atoms with Crippen LogP contribution in [0.15, 0.2) is 71.6 Å². The van der Waals surface area contributed by atoms with Gasteiger partial charge in [0.2, 0.25) is 0 Å². The van der Waals surface area contributed by atoms with Crippen LogP contribution in [0, 0.1) is 11.6 Å². The van der Waals surface area contributed by atoms with Crippen LogP contribution in [0.25, 0.3) is 22.3 Å². The van der Waals surface area contributed by atoms with Gasteiger partial charge in [0.05, 0.1) is 0 Å². The lowest BCUT2D eigenvalue weighted by Gasteiger charge is -2.15. The molecule has 1 atom stereocenters. The van der Waals surface area contributed by atoms with Gasteiger partial charge in [-0.2, -0.15) is 0 Å². The van der Waals surface area contributed by atoms with E-state index < -0.39 is 11.2 Å². The summed E-state index contributed by atoms with van der Waals surface area (Å²) in [4.78, 5) is 0.665. The number of hydrogen-bond acceptors (Lipinski definition) is 1. The Labute approximate surface area is 136 Å². The normalized spacial score (nSPS) is 12.2. The molecule has 0 N–H and O–H groups in total. The van der Waals surface area contributed by atoms with Gasteiger partial charge in [-0.05, 0) is 58.2 Å². The largest absolute Gasteiger partial charge is 0.612 e. The Hall–Kier alpha value is -2.17. The Balaban J connectivity index is 2.25. The van der Waals surface area contributed by atoms with Crippen molar-refractivity contribution in [3.05, 3.63) is 78.4 Å². The minimum atomic E-state index is -1.20. The first kappa shape index (κ1) is 15.7. The van der Waals surface area contributed by atoms with Crippen molar-refractivity contribution >= 4 is 11.2 Å². The van der Waals surface area contributed by atoms with Gasteiger partial charge in [0.15, 0.2) is 4.90 Å². The average Bonchev–Trinajstić information content (AvgIpc) is 2.55. The van der Waals surface area contributed by atoms with Crippen molar-refractivity contribution in [1.82, 2.24) is 0 Å². The third-order valence-corrected chi connectivity index (χ3v) is 4.58. The maximum atomic E-state index is 13.2. The van der Waals surface area contributed by atoms with Crippen LogP contribution in [-0.2, 0) is 11.2 Å². The maximum absolute atomic E-state index is 13.2. The lowest BCUT2D eigenvalue weighted by Crippen LogP contribution is -2.01. The van der Waals surface area contributed by atoms with E-state index in [2.05, 4.69) is 0 Å². The maximum Gasteiger partial charge on any atom is 0.160 e. The van der Waals surface area contributed by atoms with E-state index in [1.807, 2.05) is 12.1 Å². The van der Waals surface area contributed by atoms with Crippen LogP contribution in [0.1, 0.15) is 0 Å². The summed E-state index contributed by atoms with van der Waals surface area (Å²) in [5.74, 6) is -0.639. The minimum absolute atomic E-state index is 0.313. The van der Waals surface area contributed by atoms with E-state index in [-0.39, 0.29) is 11.6 Å². The van der Waals surface area contributed by atoms with Crippen LogP contribution in [0.4, 0.5) is 8.78 Å². The summed E-state index contributed by atoms with van der Waals surface area (Å²) >= 11 is -1.20. The first-order valence-electron chi connectivity index (χ1n) is 7.04. The van der Waals surface area contributed by atoms with Gasteiger partial charge >= 0.3 is 0 Å². The van der Waals surface area contributed by atoms with Crippen LogP contribution < -0.4 is 0 Å². The first-order chi connectivity index (χ1) is 11.1. The summed E-state index contributed by atoms with van der Waals surface area (Å²) in [5.41, 5.74) is 3.21. The van der Waals surface area contributed by atoms with Crippen molar-refractivity contribution in [2.45, 2.75) is 4.90 Å². The van der Waals surface area contributed by atoms with Gasteiger partial charge in [-0.25, -0.2) is 8.78 Å². The Bertz CT molecular complexity index is 812. The molecule has 0 fully saturated rings. The number of halogens is 2. The molecule has 3 aromatic rings. The smallest absolute Gasteiger partial charge is 0.160 e. The molecule has 1 nitrogen and oxygen atoms in total. The third kappa shape index (κ3) is 3.28. The predicted octanol–water partition coefficient (Wildman–Crippen LogP) is 5.04. The Morgan fingerprint density at radius 3 is 1.78 bits per heavy atom. The van der Waals surface area contributed by atoms with E-state index in [1.54, 1.807) is 36.6 Å². The molecule has 0 aromatic heterocycles. The van der Waals surface area contributed by atoms with Gasteiger partial charge in [0, 0.05) is 5.56 Å². The predicted molar refractivity (Wildman–Crippen MR) is 89.6 cm³/mol. The van der Waals surface area contributed by atoms with E-state index in [0.29, 0.717) is 4.90 Å². The zero-order valence-corrected chi connectivity index (χ0v) is 13.2. The van der Waals surface area contributed by atoms with Crippen LogP contribution in [-0.4, -0.2) is 10.8 Å². The molecule has 23 heavy (non-hydrogen) atoms. The van der Waals surface area contributed by atoms with Crippen LogP contribution in [0.3, 0.4) is 0 Å². The molecule has 116 valence electrons. The second-order valence-corrected chi connectivity index (χ2v) is 6.49. The molecular weight excluding hydrogens is 314 g/mol. The van der Waals surface area contributed by atoms with Crippen LogP contribution in [0.2, 0.25) is 0 Å². The molecule has 0 aliphatic rings. The molecule has 0 aliphatic heterocycles. The van der Waals surface area contributed by atoms with Gasteiger partial charge in [0.1, 0.15) is 17.9 Å². The lowest BCUT2D eigenvalue weighted by atomic mass is 9.94. The summed E-state index contributed by atoms with van der Waals surface area (Å²) in [7, 11) is 0. The molecule has 0 heterocycles. The second-order valence-electron chi connectivity index (χ2n) is 5.15. The van der Waals surface area contributed by atoms with E-state index in [0.717, 1.165) is 22.3 Å². The van der Waals surface area contributed by atoms with Crippen LogP contribution >= 0.6 is 0 Å². The molecule has 0 saturated carbocycles. The molecule has 0 saturated heterocycles. The quantitative estimate of drug-likeness (QED) is 0.618. The molecular formula is C19H14F2OS. The van der Waals surface area contributed by atoms with Crippen LogP contribution in [0.5, 0.6) is 0 Å². The first-order valence-corrected chi connectivity index (χ1v) is 8.60. The van der Waals surface area contributed by atoms with Crippen molar-refractivity contribution in [1.29, 1.82) is 0 Å². The standard InChI is InChI=1S/C19H14F2OS/c1-23(22)18-4-2-3-17(13-5-9-15(20)10-6-13)19(18)14-7-11-16(21)12-8-14/h2-12H,1H3. The zero-order chi connectivity index (χ0) is 16.4. The highest BCUT2D eigenvalue weighted by Gasteiger charge is 2.18. The summed E-state index contributed by atoms with van der Waals surface area (Å²) in [6.07, 6.45) is 1.61. The van der Waals surface area contributed by atoms with Crippen molar-refractivity contribution in [3.8, 4) is 22.3 Å². The molecule has 1 unspecified atom stereocenters. The van der Waals surface area contributed by atoms with Crippen molar-refractivity contribution in [3.63, 3.8) is 0 Å². The summed E-state index contributed by atoms with van der Waals surface area (Å²) < 4.78 is 38.5. The van der Waals surface area contributed by atoms with E-state index in [1.165, 1.54) is 24.3 Å². The van der Waals surface area contributed by atoms with Gasteiger partial charge in [-0.15, -0.1) is 0 Å². The van der Waals surface area contributed by atoms with Gasteiger partial charge < -0.3 is 4.55 Å². The molecule has 3 rings (SSSR count). The Morgan fingerprint density at radius 1 is 0.739 bits per heavy atom. The zero-order valence-electron chi connectivity index (χ0n) is 12.4. The fourth-order valence-corrected chi connectivity index (χ4v) is 3.34. The van der Waals surface area contributed by atoms with Crippen molar-refractivity contribution in [2.75, 3.05) is 6.26 Å². The fourth-order valence-electron chi connectivity index (χ4n) is 2.56. The van der Waals surface area contributed by atoms with Crippen molar-refractivity contribution < 1.29 is 13.3 Å². The number of benzene rings is 3. The summed E-state index contributed by atoms with van der Waals surface area (Å²) in [5, 5.41) is 0. The Kier molecular flexibility index (Phi) is 4.46. The summed E-state index contributed by atoms with van der Waals surface area (Å²) in [6.45, 7) is 0. The highest BCUT2D eigenvalue weighted by molar-refractivity contribution is 7.90. The lowest BCUT2D eigenvalue weighted by molar-refractivity contribution is 0.601. The average molecular weight is 328 g/mol. The van der Waals surface area contributed by atoms with Gasteiger partial charge in [0.25, 0.3) is 0 Å². The molecule has 0 spiro atoms. The molecule has 4 heteroatoms. The molecule has 3 aromatic carbocycles. The number of rotatable bonds is 3. The van der Waals surface area contributed by atoms with E-state index in [9.17, 15) is 13.3 Å². The van der Waals surface area contributed by atoms with Crippen molar-refractivity contribution in [2.24, 2.45) is 0 Å². The summed E-state index contributed by atoms with van der Waals surface area (Å²) in [6, 6.07) is 17.7. The van der Waals surface area contributed by atoms with E-state index >= 15 is 0 Å². The van der Waals surface area contributed by atoms with E-state index in [4.69, 9.17) is 0 Å². The van der Waals surface area contributed by atoms with Gasteiger partial charge in [-0.3, -0.25) is 0 Å². The second kappa shape index (κ2) is 6.52. The van der Waals surface area contributed by atoms with Gasteiger partial charge in [-0.1, -0.05) is 36.4 Å². The number of hydrogen-bond donors (Lipinski definition) is 0. The third-order valence-electron chi connectivity index (χ3n) is 3.62. The fraction of sp³-hybridized carbons (Fsp3) is 0.0526. The SMILES string of the molecule is C[S+]([O-])c1cccc(-c2ccc(F)cc2)c1-c1ccc(F)cc1. The molecule has 0 aliphatic carbocycles. The molecule has 0 bridgehead atoms. The monoisotopic (exact) mass is 328 g/mol. The topological polar surface area (TPSA) is 23.1 Å². The highest BCUT2D eigenvalue weighted by Crippen LogP contribution is 2.37. The minimum Gasteiger partial charge on any atom is -0.612 e. The molecule has 0 amide bonds.